The molecule has 3 aromatic carbocycles. The van der Waals surface area contributed by atoms with Crippen LogP contribution in [0.1, 0.15) is 20.7 Å². The minimum Gasteiger partial charge on any atom is -0.280 e. The third-order valence-corrected chi connectivity index (χ3v) is 5.95. The van der Waals surface area contributed by atoms with Gasteiger partial charge in [-0.25, -0.2) is 12.8 Å². The van der Waals surface area contributed by atoms with Gasteiger partial charge in [0, 0.05) is 16.3 Å². The molecule has 0 unspecified atom stereocenters. The van der Waals surface area contributed by atoms with Crippen LogP contribution in [0.5, 0.6) is 0 Å². The van der Waals surface area contributed by atoms with Crippen LogP contribution in [0.2, 0.25) is 10.0 Å². The molecule has 3 N–H and O–H groups in total. The van der Waals surface area contributed by atoms with E-state index in [2.05, 4.69) is 15.6 Å². The van der Waals surface area contributed by atoms with Crippen molar-refractivity contribution in [1.82, 2.24) is 10.9 Å². The Balaban J connectivity index is 1.65. The Morgan fingerprint density at radius 3 is 2.06 bits per heavy atom. The van der Waals surface area contributed by atoms with Gasteiger partial charge in [0.2, 0.25) is 0 Å². The number of nitrogens with one attached hydrogen (secondary N) is 3. The van der Waals surface area contributed by atoms with Crippen molar-refractivity contribution in [2.24, 2.45) is 0 Å². The van der Waals surface area contributed by atoms with Gasteiger partial charge in [-0.05, 0) is 66.7 Å². The first-order valence-corrected chi connectivity index (χ1v) is 10.8. The lowest BCUT2D eigenvalue weighted by Crippen LogP contribution is -2.41. The summed E-state index contributed by atoms with van der Waals surface area (Å²) in [6, 6.07) is 14.1. The van der Waals surface area contributed by atoms with Crippen molar-refractivity contribution in [3.8, 4) is 0 Å². The normalized spacial score (nSPS) is 10.9. The second-order valence-corrected chi connectivity index (χ2v) is 8.70. The van der Waals surface area contributed by atoms with Crippen molar-refractivity contribution in [1.29, 1.82) is 0 Å². The Bertz CT molecular complexity index is 1230. The summed E-state index contributed by atoms with van der Waals surface area (Å²) < 4.78 is 40.1. The van der Waals surface area contributed by atoms with Crippen LogP contribution in [-0.4, -0.2) is 20.2 Å². The standard InChI is InChI=1S/C20H14Cl2FN3O4S/c21-13-3-10-18(22)17(11-13)20(28)25-24-19(27)12-1-8-16(9-2-12)31(29,30)26-15-6-4-14(23)5-7-15/h1-11,26H,(H,24,27)(H,25,28). The molecule has 0 fully saturated rings. The highest BCUT2D eigenvalue weighted by molar-refractivity contribution is 7.92. The van der Waals surface area contributed by atoms with E-state index in [0.29, 0.717) is 5.02 Å². The number of hydrogen-bond donors (Lipinski definition) is 3. The smallest absolute Gasteiger partial charge is 0.271 e. The van der Waals surface area contributed by atoms with E-state index in [-0.39, 0.29) is 26.7 Å². The number of hydrazine groups is 1. The summed E-state index contributed by atoms with van der Waals surface area (Å²) in [7, 11) is -3.94. The number of hydrogen-bond acceptors (Lipinski definition) is 4. The van der Waals surface area contributed by atoms with Crippen LogP contribution in [-0.2, 0) is 10.0 Å². The second-order valence-electron chi connectivity index (χ2n) is 6.17. The van der Waals surface area contributed by atoms with Crippen molar-refractivity contribution < 1.29 is 22.4 Å². The van der Waals surface area contributed by atoms with Crippen LogP contribution in [0.15, 0.2) is 71.6 Å². The molecule has 11 heteroatoms. The summed E-state index contributed by atoms with van der Waals surface area (Å²) in [4.78, 5) is 24.3. The molecule has 0 aliphatic heterocycles. The van der Waals surface area contributed by atoms with Crippen LogP contribution in [0.3, 0.4) is 0 Å². The molecule has 3 aromatic rings. The average Bonchev–Trinajstić information content (AvgIpc) is 2.75. The maximum absolute atomic E-state index is 13.0. The van der Waals surface area contributed by atoms with E-state index in [1.165, 1.54) is 54.6 Å². The van der Waals surface area contributed by atoms with E-state index in [4.69, 9.17) is 23.2 Å². The van der Waals surface area contributed by atoms with Gasteiger partial charge in [0.25, 0.3) is 21.8 Å². The van der Waals surface area contributed by atoms with E-state index in [1.807, 2.05) is 0 Å². The summed E-state index contributed by atoms with van der Waals surface area (Å²) in [6.45, 7) is 0. The van der Waals surface area contributed by atoms with Gasteiger partial charge in [-0.3, -0.25) is 25.2 Å². The molecule has 0 radical (unpaired) electrons. The zero-order valence-corrected chi connectivity index (χ0v) is 17.9. The first kappa shape index (κ1) is 22.5. The maximum atomic E-state index is 13.0. The zero-order chi connectivity index (χ0) is 22.6. The fraction of sp³-hybridized carbons (Fsp3) is 0. The third kappa shape index (κ3) is 5.72. The molecule has 0 atom stereocenters. The minimum absolute atomic E-state index is 0.0720. The quantitative estimate of drug-likeness (QED) is 0.478. The highest BCUT2D eigenvalue weighted by Crippen LogP contribution is 2.20. The lowest BCUT2D eigenvalue weighted by atomic mass is 10.2. The molecule has 2 amide bonds. The average molecular weight is 482 g/mol. The van der Waals surface area contributed by atoms with E-state index in [9.17, 15) is 22.4 Å². The molecule has 31 heavy (non-hydrogen) atoms. The largest absolute Gasteiger partial charge is 0.280 e. The SMILES string of the molecule is O=C(NNC(=O)c1cc(Cl)ccc1Cl)c1ccc(S(=O)(=O)Nc2ccc(F)cc2)cc1. The number of benzene rings is 3. The lowest BCUT2D eigenvalue weighted by Gasteiger charge is -2.10. The van der Waals surface area contributed by atoms with Crippen LogP contribution in [0.25, 0.3) is 0 Å². The highest BCUT2D eigenvalue weighted by atomic mass is 35.5. The van der Waals surface area contributed by atoms with Gasteiger partial charge in [0.1, 0.15) is 5.82 Å². The monoisotopic (exact) mass is 481 g/mol. The van der Waals surface area contributed by atoms with Crippen LogP contribution in [0, 0.1) is 5.82 Å². The van der Waals surface area contributed by atoms with Crippen molar-refractivity contribution in [3.63, 3.8) is 0 Å². The van der Waals surface area contributed by atoms with Gasteiger partial charge in [0.15, 0.2) is 0 Å². The van der Waals surface area contributed by atoms with Gasteiger partial charge in [-0.1, -0.05) is 23.2 Å². The molecular weight excluding hydrogens is 468 g/mol. The summed E-state index contributed by atoms with van der Waals surface area (Å²) >= 11 is 11.8. The molecule has 0 bridgehead atoms. The summed E-state index contributed by atoms with van der Waals surface area (Å²) in [5.41, 5.74) is 4.76. The maximum Gasteiger partial charge on any atom is 0.271 e. The second kappa shape index (κ2) is 9.34. The topological polar surface area (TPSA) is 104 Å². The van der Waals surface area contributed by atoms with E-state index >= 15 is 0 Å². The Hall–Kier alpha value is -3.14. The summed E-state index contributed by atoms with van der Waals surface area (Å²) in [5.74, 6) is -1.85. The molecule has 160 valence electrons. The summed E-state index contributed by atoms with van der Waals surface area (Å²) in [5, 5.41) is 0.450. The number of anilines is 1. The zero-order valence-electron chi connectivity index (χ0n) is 15.5. The number of rotatable bonds is 5. The van der Waals surface area contributed by atoms with E-state index in [0.717, 1.165) is 12.1 Å². The van der Waals surface area contributed by atoms with Crippen LogP contribution in [0.4, 0.5) is 10.1 Å². The molecule has 0 saturated heterocycles. The number of carbonyl (C=O) groups is 2. The number of halogens is 3. The van der Waals surface area contributed by atoms with Crippen molar-refractivity contribution in [2.45, 2.75) is 4.90 Å². The highest BCUT2D eigenvalue weighted by Gasteiger charge is 2.16. The molecule has 0 aliphatic carbocycles. The minimum atomic E-state index is -3.94. The molecule has 3 rings (SSSR count). The Kier molecular flexibility index (Phi) is 6.79. The van der Waals surface area contributed by atoms with Gasteiger partial charge in [-0.15, -0.1) is 0 Å². The van der Waals surface area contributed by atoms with Crippen molar-refractivity contribution in [2.75, 3.05) is 4.72 Å². The number of sulfonamides is 1. The Morgan fingerprint density at radius 1 is 0.806 bits per heavy atom. The molecular formula is C20H14Cl2FN3O4S. The lowest BCUT2D eigenvalue weighted by molar-refractivity contribution is 0.0846. The fourth-order valence-corrected chi connectivity index (χ4v) is 3.88. The first-order chi connectivity index (χ1) is 14.7. The fourth-order valence-electron chi connectivity index (χ4n) is 2.44. The molecule has 0 aliphatic rings. The molecule has 0 spiro atoms. The number of carbonyl (C=O) groups excluding carboxylic acids is 2. The first-order valence-electron chi connectivity index (χ1n) is 8.60. The van der Waals surface area contributed by atoms with Crippen LogP contribution >= 0.6 is 23.2 Å². The Labute approximate surface area is 187 Å². The van der Waals surface area contributed by atoms with Gasteiger partial charge in [-0.2, -0.15) is 0 Å². The Morgan fingerprint density at radius 2 is 1.42 bits per heavy atom. The van der Waals surface area contributed by atoms with Gasteiger partial charge < -0.3 is 0 Å². The van der Waals surface area contributed by atoms with Gasteiger partial charge in [0.05, 0.1) is 15.5 Å². The van der Waals surface area contributed by atoms with Crippen molar-refractivity contribution >= 4 is 50.7 Å². The van der Waals surface area contributed by atoms with E-state index in [1.54, 1.807) is 0 Å². The molecule has 0 saturated carbocycles. The van der Waals surface area contributed by atoms with Crippen molar-refractivity contribution in [3.05, 3.63) is 93.7 Å². The predicted molar refractivity (Wildman–Crippen MR) is 115 cm³/mol. The van der Waals surface area contributed by atoms with Gasteiger partial charge >= 0.3 is 0 Å². The summed E-state index contributed by atoms with van der Waals surface area (Å²) in [6.07, 6.45) is 0. The van der Waals surface area contributed by atoms with Crippen LogP contribution < -0.4 is 15.6 Å². The molecule has 0 aromatic heterocycles. The van der Waals surface area contributed by atoms with E-state index < -0.39 is 27.7 Å². The number of amides is 2. The molecule has 0 heterocycles. The molecule has 7 nitrogen and oxygen atoms in total. The third-order valence-electron chi connectivity index (χ3n) is 3.99. The predicted octanol–water partition coefficient (Wildman–Crippen LogP) is 4.01.